The molecule has 4 N–H and O–H groups in total. The summed E-state index contributed by atoms with van der Waals surface area (Å²) >= 11 is 5.85. The van der Waals surface area contributed by atoms with Gasteiger partial charge in [-0.1, -0.05) is 30.7 Å². The number of ether oxygens (including phenoxy) is 1. The fourth-order valence-corrected chi connectivity index (χ4v) is 3.94. The molecule has 1 saturated heterocycles. The second kappa shape index (κ2) is 13.6. The second-order valence-corrected chi connectivity index (χ2v) is 8.54. The van der Waals surface area contributed by atoms with Crippen LogP contribution < -0.4 is 21.1 Å². The highest BCUT2D eigenvalue weighted by Crippen LogP contribution is 2.33. The van der Waals surface area contributed by atoms with Crippen LogP contribution in [0.4, 0.5) is 25.8 Å². The van der Waals surface area contributed by atoms with Gasteiger partial charge in [0, 0.05) is 24.3 Å². The van der Waals surface area contributed by atoms with Crippen LogP contribution in [0.1, 0.15) is 24.8 Å². The smallest absolute Gasteiger partial charge is 0.248 e. The summed E-state index contributed by atoms with van der Waals surface area (Å²) in [6, 6.07) is 7.11. The average molecular weight is 518 g/mol. The first-order valence-corrected chi connectivity index (χ1v) is 12.0. The van der Waals surface area contributed by atoms with Gasteiger partial charge in [0.15, 0.2) is 0 Å². The first kappa shape index (κ1) is 27.2. The van der Waals surface area contributed by atoms with Gasteiger partial charge in [0.05, 0.1) is 22.1 Å². The van der Waals surface area contributed by atoms with Gasteiger partial charge in [-0.3, -0.25) is 9.69 Å². The second-order valence-electron chi connectivity index (χ2n) is 8.13. The fourth-order valence-electron chi connectivity index (χ4n) is 3.77. The van der Waals surface area contributed by atoms with Crippen LogP contribution in [-0.4, -0.2) is 49.6 Å². The summed E-state index contributed by atoms with van der Waals surface area (Å²) in [4.78, 5) is 19.3. The molecule has 2 aromatic rings. The predicted octanol–water partition coefficient (Wildman–Crippen LogP) is 5.40. The monoisotopic (exact) mass is 517 g/mol. The Morgan fingerprint density at radius 3 is 2.69 bits per heavy atom. The van der Waals surface area contributed by atoms with Crippen LogP contribution in [0, 0.1) is 5.82 Å². The number of nitrogens with one attached hydrogen (secondary N) is 2. The van der Waals surface area contributed by atoms with Crippen LogP contribution in [0.5, 0.6) is 5.75 Å². The molecule has 1 fully saturated rings. The number of aliphatic imine (C=N–C) groups is 1. The van der Waals surface area contributed by atoms with E-state index in [1.165, 1.54) is 36.9 Å². The highest BCUT2D eigenvalue weighted by molar-refractivity contribution is 6.31. The number of halogens is 3. The van der Waals surface area contributed by atoms with E-state index < -0.39 is 12.5 Å². The number of rotatable bonds is 11. The van der Waals surface area contributed by atoms with E-state index in [0.29, 0.717) is 23.5 Å². The number of piperidine rings is 1. The molecule has 2 aromatic carbocycles. The first-order chi connectivity index (χ1) is 17.4. The van der Waals surface area contributed by atoms with Crippen molar-refractivity contribution in [1.82, 2.24) is 4.90 Å². The largest absolute Gasteiger partial charge is 0.489 e. The third-order valence-electron chi connectivity index (χ3n) is 5.48. The lowest BCUT2D eigenvalue weighted by atomic mass is 10.1. The molecule has 10 heteroatoms. The zero-order chi connectivity index (χ0) is 25.9. The van der Waals surface area contributed by atoms with Crippen LogP contribution in [0.2, 0.25) is 5.02 Å². The maximum Gasteiger partial charge on any atom is 0.248 e. The molecule has 7 nitrogen and oxygen atoms in total. The Balaban J connectivity index is 1.88. The number of amides is 1. The van der Waals surface area contributed by atoms with Crippen molar-refractivity contribution in [3.8, 4) is 5.75 Å². The minimum Gasteiger partial charge on any atom is -0.489 e. The number of likely N-dealkylation sites (tertiary alicyclic amines) is 1. The maximum atomic E-state index is 13.5. The lowest BCUT2D eigenvalue weighted by Crippen LogP contribution is -2.29. The van der Waals surface area contributed by atoms with E-state index in [0.717, 1.165) is 25.9 Å². The number of amidine groups is 1. The van der Waals surface area contributed by atoms with Crippen molar-refractivity contribution in [2.75, 3.05) is 43.5 Å². The van der Waals surface area contributed by atoms with Crippen LogP contribution in [0.15, 0.2) is 60.3 Å². The Hall–Kier alpha value is -3.43. The quantitative estimate of drug-likeness (QED) is 0.211. The molecule has 3 rings (SSSR count). The van der Waals surface area contributed by atoms with Gasteiger partial charge >= 0.3 is 0 Å². The zero-order valence-electron chi connectivity index (χ0n) is 19.9. The van der Waals surface area contributed by atoms with Gasteiger partial charge < -0.3 is 21.1 Å². The molecule has 1 aliphatic heterocycles. The molecule has 36 heavy (non-hydrogen) atoms. The van der Waals surface area contributed by atoms with E-state index in [1.54, 1.807) is 12.1 Å². The molecule has 0 radical (unpaired) electrons. The van der Waals surface area contributed by atoms with Crippen LogP contribution >= 0.6 is 11.6 Å². The normalized spacial score (nSPS) is 14.6. The van der Waals surface area contributed by atoms with Crippen molar-refractivity contribution in [2.45, 2.75) is 19.3 Å². The van der Waals surface area contributed by atoms with E-state index in [1.807, 2.05) is 6.08 Å². The van der Waals surface area contributed by atoms with Crippen molar-refractivity contribution in [3.63, 3.8) is 0 Å². The van der Waals surface area contributed by atoms with E-state index in [-0.39, 0.29) is 34.8 Å². The molecular weight excluding hydrogens is 488 g/mol. The molecule has 0 saturated carbocycles. The summed E-state index contributed by atoms with van der Waals surface area (Å²) < 4.78 is 31.9. The molecule has 192 valence electrons. The van der Waals surface area contributed by atoms with Crippen molar-refractivity contribution < 1.29 is 18.3 Å². The number of nitrogens with zero attached hydrogens (tertiary/aromatic N) is 2. The molecule has 1 aliphatic rings. The molecule has 1 amide bonds. The van der Waals surface area contributed by atoms with Crippen LogP contribution in [-0.2, 0) is 4.79 Å². The van der Waals surface area contributed by atoms with E-state index in [9.17, 15) is 13.6 Å². The van der Waals surface area contributed by atoms with Crippen LogP contribution in [0.25, 0.3) is 0 Å². The summed E-state index contributed by atoms with van der Waals surface area (Å²) in [5.74, 6) is -0.629. The zero-order valence-corrected chi connectivity index (χ0v) is 20.7. The Morgan fingerprint density at radius 1 is 1.22 bits per heavy atom. The average Bonchev–Trinajstić information content (AvgIpc) is 2.86. The molecule has 0 bridgehead atoms. The van der Waals surface area contributed by atoms with Crippen molar-refractivity contribution in [2.24, 2.45) is 10.7 Å². The molecule has 0 aromatic heterocycles. The molecule has 0 unspecified atom stereocenters. The van der Waals surface area contributed by atoms with Gasteiger partial charge in [-0.05, 0) is 56.4 Å². The van der Waals surface area contributed by atoms with Crippen molar-refractivity contribution >= 4 is 40.4 Å². The Bertz CT molecular complexity index is 1130. The van der Waals surface area contributed by atoms with E-state index in [4.69, 9.17) is 22.1 Å². The Kier molecular flexibility index (Phi) is 10.3. The molecular formula is C26H30ClF2N5O2. The summed E-state index contributed by atoms with van der Waals surface area (Å²) in [6.45, 7) is 5.49. The molecule has 1 heterocycles. The highest BCUT2D eigenvalue weighted by Gasteiger charge is 2.16. The van der Waals surface area contributed by atoms with Crippen molar-refractivity contribution in [1.29, 1.82) is 0 Å². The summed E-state index contributed by atoms with van der Waals surface area (Å²) in [5, 5.41) is 5.63. The van der Waals surface area contributed by atoms with Gasteiger partial charge in [0.25, 0.3) is 0 Å². The van der Waals surface area contributed by atoms with Gasteiger partial charge in [0.2, 0.25) is 5.91 Å². The summed E-state index contributed by atoms with van der Waals surface area (Å²) in [5.41, 5.74) is 7.77. The SMILES string of the molecule is C=CNc1cc(OCCF)c(NC(=O)/C=C/CN2CCCCC2)cc1C(N)=Nc1ccc(F)c(Cl)c1. The van der Waals surface area contributed by atoms with E-state index in [2.05, 4.69) is 27.1 Å². The summed E-state index contributed by atoms with van der Waals surface area (Å²) in [7, 11) is 0. The predicted molar refractivity (Wildman–Crippen MR) is 142 cm³/mol. The Labute approximate surface area is 214 Å². The van der Waals surface area contributed by atoms with E-state index >= 15 is 0 Å². The number of carbonyl (C=O) groups is 1. The van der Waals surface area contributed by atoms with Gasteiger partial charge in [0.1, 0.15) is 30.7 Å². The Morgan fingerprint density at radius 2 is 2.00 bits per heavy atom. The molecule has 0 atom stereocenters. The lowest BCUT2D eigenvalue weighted by molar-refractivity contribution is -0.111. The maximum absolute atomic E-state index is 13.5. The minimum atomic E-state index is -0.704. The topological polar surface area (TPSA) is 92.0 Å². The highest BCUT2D eigenvalue weighted by atomic mass is 35.5. The lowest BCUT2D eigenvalue weighted by Gasteiger charge is -2.24. The number of anilines is 2. The standard InChI is InChI=1S/C26H30ClF2N5O2/c1-2-31-22-17-24(36-14-10-28)23(33-25(35)7-6-13-34-11-4-3-5-12-34)16-19(22)26(30)32-18-8-9-21(29)20(27)15-18/h2,6-9,15-17,31H,1,3-5,10-14H2,(H2,30,32)(H,33,35)/b7-6+. The third kappa shape index (κ3) is 7.79. The number of carbonyl (C=O) groups excluding carboxylic acids is 1. The summed E-state index contributed by atoms with van der Waals surface area (Å²) in [6.07, 6.45) is 8.27. The number of hydrogen-bond acceptors (Lipinski definition) is 5. The van der Waals surface area contributed by atoms with Gasteiger partial charge in [-0.15, -0.1) is 0 Å². The molecule has 0 aliphatic carbocycles. The van der Waals surface area contributed by atoms with Crippen molar-refractivity contribution in [3.05, 3.63) is 71.7 Å². The molecule has 0 spiro atoms. The third-order valence-corrected chi connectivity index (χ3v) is 5.77. The van der Waals surface area contributed by atoms with Crippen LogP contribution in [0.3, 0.4) is 0 Å². The van der Waals surface area contributed by atoms with Gasteiger partial charge in [-0.25, -0.2) is 13.8 Å². The van der Waals surface area contributed by atoms with Gasteiger partial charge in [-0.2, -0.15) is 0 Å². The number of alkyl halides is 1. The number of hydrogen-bond donors (Lipinski definition) is 3. The number of nitrogens with two attached hydrogens (primary N) is 1. The minimum absolute atomic E-state index is 0.0650. The fraction of sp³-hybridized carbons (Fsp3) is 0.308. The first-order valence-electron chi connectivity index (χ1n) is 11.6. The number of benzene rings is 2.